The van der Waals surface area contributed by atoms with E-state index in [9.17, 15) is 13.2 Å². The van der Waals surface area contributed by atoms with E-state index in [0.29, 0.717) is 17.8 Å². The first-order valence-corrected chi connectivity index (χ1v) is 11.9. The van der Waals surface area contributed by atoms with Gasteiger partial charge in [0.15, 0.2) is 10.9 Å². The van der Waals surface area contributed by atoms with Gasteiger partial charge in [0.1, 0.15) is 0 Å². The molecule has 0 bridgehead atoms. The number of fused-ring (bicyclic) bond motifs is 2. The number of carbonyl (C=O) groups is 1. The van der Waals surface area contributed by atoms with Gasteiger partial charge < -0.3 is 4.98 Å². The molecule has 146 valence electrons. The number of benzene rings is 2. The molecule has 2 heterocycles. The Kier molecular flexibility index (Phi) is 4.93. The molecule has 0 aliphatic carbocycles. The highest BCUT2D eigenvalue weighted by Crippen LogP contribution is 2.30. The minimum Gasteiger partial charge on any atom is -0.333 e. The van der Waals surface area contributed by atoms with Crippen molar-refractivity contribution in [2.24, 2.45) is 0 Å². The van der Waals surface area contributed by atoms with Crippen LogP contribution in [-0.2, 0) is 16.4 Å². The van der Waals surface area contributed by atoms with E-state index in [1.807, 2.05) is 31.2 Å². The molecule has 0 saturated heterocycles. The molecule has 0 radical (unpaired) electrons. The van der Waals surface area contributed by atoms with Crippen LogP contribution in [0.25, 0.3) is 11.0 Å². The Morgan fingerprint density at radius 2 is 2.07 bits per heavy atom. The molecular weight excluding hydrogens is 394 g/mol. The topological polar surface area (TPSA) is 83.1 Å². The number of H-pyrrole nitrogens is 1. The number of Topliss-reactive ketones (excluding diaryl/α,β-unsaturated/α-hetero) is 1. The number of aromatic nitrogens is 2. The van der Waals surface area contributed by atoms with Crippen LogP contribution in [-0.4, -0.2) is 42.7 Å². The lowest BCUT2D eigenvalue weighted by Crippen LogP contribution is -2.34. The summed E-state index contributed by atoms with van der Waals surface area (Å²) >= 11 is 1.37. The van der Waals surface area contributed by atoms with Gasteiger partial charge in [-0.1, -0.05) is 17.8 Å². The number of carbonyl (C=O) groups excluding carboxylic acids is 1. The maximum atomic E-state index is 12.7. The van der Waals surface area contributed by atoms with Crippen molar-refractivity contribution in [2.75, 3.05) is 22.9 Å². The standard InChI is InChI=1S/C20H21N3O3S2/c1-13-5-7-16-17(10-13)22-20(21-16)27-12-19(24)15-6-8-18-14(11-15)4-3-9-23(18)28(2,25)26/h5-8,10-11H,3-4,9,12H2,1-2H3,(H,21,22). The van der Waals surface area contributed by atoms with Crippen molar-refractivity contribution in [2.45, 2.75) is 24.9 Å². The molecule has 4 rings (SSSR count). The molecule has 1 aromatic heterocycles. The highest BCUT2D eigenvalue weighted by molar-refractivity contribution is 7.99. The second-order valence-corrected chi connectivity index (χ2v) is 9.93. The van der Waals surface area contributed by atoms with Gasteiger partial charge in [-0.05, 0) is 61.2 Å². The molecule has 1 aliphatic heterocycles. The van der Waals surface area contributed by atoms with E-state index in [0.717, 1.165) is 40.2 Å². The van der Waals surface area contributed by atoms with Gasteiger partial charge in [-0.3, -0.25) is 9.10 Å². The van der Waals surface area contributed by atoms with Gasteiger partial charge >= 0.3 is 0 Å². The number of sulfonamides is 1. The fourth-order valence-corrected chi connectivity index (χ4v) is 5.24. The van der Waals surface area contributed by atoms with Gasteiger partial charge in [-0.2, -0.15) is 0 Å². The lowest BCUT2D eigenvalue weighted by atomic mass is 9.99. The van der Waals surface area contributed by atoms with Crippen molar-refractivity contribution >= 4 is 44.3 Å². The Bertz CT molecular complexity index is 1170. The van der Waals surface area contributed by atoms with E-state index in [4.69, 9.17) is 0 Å². The van der Waals surface area contributed by atoms with Gasteiger partial charge in [0.2, 0.25) is 10.0 Å². The first-order chi connectivity index (χ1) is 13.3. The Hall–Kier alpha value is -2.32. The fraction of sp³-hybridized carbons (Fsp3) is 0.300. The number of aryl methyl sites for hydroxylation is 2. The van der Waals surface area contributed by atoms with Crippen molar-refractivity contribution in [3.05, 3.63) is 53.1 Å². The summed E-state index contributed by atoms with van der Waals surface area (Å²) in [6.07, 6.45) is 2.75. The van der Waals surface area contributed by atoms with Crippen LogP contribution in [0.1, 0.15) is 27.9 Å². The number of ketones is 1. The number of nitrogens with one attached hydrogen (secondary N) is 1. The lowest BCUT2D eigenvalue weighted by molar-refractivity contribution is 0.102. The predicted molar refractivity (Wildman–Crippen MR) is 113 cm³/mol. The van der Waals surface area contributed by atoms with E-state index in [1.54, 1.807) is 12.1 Å². The summed E-state index contributed by atoms with van der Waals surface area (Å²) in [6, 6.07) is 11.3. The SMILES string of the molecule is Cc1ccc2nc(SCC(=O)c3ccc4c(c3)CCCN4S(C)(=O)=O)[nH]c2c1. The zero-order valence-corrected chi connectivity index (χ0v) is 17.4. The molecule has 0 atom stereocenters. The molecular formula is C20H21N3O3S2. The van der Waals surface area contributed by atoms with Crippen molar-refractivity contribution in [1.82, 2.24) is 9.97 Å². The van der Waals surface area contributed by atoms with Gasteiger partial charge in [-0.15, -0.1) is 0 Å². The monoisotopic (exact) mass is 415 g/mol. The third-order valence-electron chi connectivity index (χ3n) is 4.83. The average molecular weight is 416 g/mol. The average Bonchev–Trinajstić information content (AvgIpc) is 3.06. The van der Waals surface area contributed by atoms with Gasteiger partial charge in [0.25, 0.3) is 0 Å². The van der Waals surface area contributed by atoms with Crippen LogP contribution < -0.4 is 4.31 Å². The maximum Gasteiger partial charge on any atom is 0.232 e. The van der Waals surface area contributed by atoms with Crippen LogP contribution in [0.4, 0.5) is 5.69 Å². The van der Waals surface area contributed by atoms with Gasteiger partial charge in [0.05, 0.1) is 28.7 Å². The van der Waals surface area contributed by atoms with Gasteiger partial charge in [0, 0.05) is 12.1 Å². The summed E-state index contributed by atoms with van der Waals surface area (Å²) in [5.74, 6) is 0.272. The van der Waals surface area contributed by atoms with Crippen LogP contribution >= 0.6 is 11.8 Å². The predicted octanol–water partition coefficient (Wildman–Crippen LogP) is 3.56. The third-order valence-corrected chi connectivity index (χ3v) is 6.89. The van der Waals surface area contributed by atoms with Crippen LogP contribution in [0.3, 0.4) is 0 Å². The minimum atomic E-state index is -3.30. The Labute approximate surface area is 168 Å². The van der Waals surface area contributed by atoms with Crippen molar-refractivity contribution in [3.8, 4) is 0 Å². The number of nitrogens with zero attached hydrogens (tertiary/aromatic N) is 2. The number of aromatic amines is 1. The van der Waals surface area contributed by atoms with E-state index in [2.05, 4.69) is 9.97 Å². The zero-order valence-electron chi connectivity index (χ0n) is 15.7. The largest absolute Gasteiger partial charge is 0.333 e. The lowest BCUT2D eigenvalue weighted by Gasteiger charge is -2.29. The Balaban J connectivity index is 1.50. The molecule has 8 heteroatoms. The minimum absolute atomic E-state index is 0.000848. The molecule has 0 fully saturated rings. The second-order valence-electron chi connectivity index (χ2n) is 7.06. The number of anilines is 1. The Morgan fingerprint density at radius 3 is 2.86 bits per heavy atom. The van der Waals surface area contributed by atoms with Crippen molar-refractivity contribution in [1.29, 1.82) is 0 Å². The van der Waals surface area contributed by atoms with Crippen LogP contribution in [0.15, 0.2) is 41.6 Å². The number of hydrogen-bond acceptors (Lipinski definition) is 5. The number of thioether (sulfide) groups is 1. The molecule has 0 amide bonds. The number of rotatable bonds is 5. The highest BCUT2D eigenvalue weighted by Gasteiger charge is 2.24. The van der Waals surface area contributed by atoms with Crippen LogP contribution in [0.2, 0.25) is 0 Å². The smallest absolute Gasteiger partial charge is 0.232 e. The van der Waals surface area contributed by atoms with E-state index >= 15 is 0 Å². The van der Waals surface area contributed by atoms with Crippen molar-refractivity contribution in [3.63, 3.8) is 0 Å². The normalized spacial score (nSPS) is 14.3. The van der Waals surface area contributed by atoms with E-state index < -0.39 is 10.0 Å². The summed E-state index contributed by atoms with van der Waals surface area (Å²) in [5.41, 5.74) is 5.20. The maximum absolute atomic E-state index is 12.7. The molecule has 1 aliphatic rings. The molecule has 3 aromatic rings. The Morgan fingerprint density at radius 1 is 1.25 bits per heavy atom. The molecule has 0 saturated carbocycles. The molecule has 2 aromatic carbocycles. The molecule has 1 N–H and O–H groups in total. The first-order valence-electron chi connectivity index (χ1n) is 9.04. The molecule has 0 unspecified atom stereocenters. The van der Waals surface area contributed by atoms with Crippen LogP contribution in [0, 0.1) is 6.92 Å². The second kappa shape index (κ2) is 7.25. The molecule has 6 nitrogen and oxygen atoms in total. The third kappa shape index (κ3) is 3.79. The summed E-state index contributed by atoms with van der Waals surface area (Å²) in [4.78, 5) is 20.4. The fourth-order valence-electron chi connectivity index (χ4n) is 3.47. The molecule has 28 heavy (non-hydrogen) atoms. The summed E-state index contributed by atoms with van der Waals surface area (Å²) < 4.78 is 25.4. The van der Waals surface area contributed by atoms with E-state index in [1.165, 1.54) is 22.3 Å². The van der Waals surface area contributed by atoms with Crippen LogP contribution in [0.5, 0.6) is 0 Å². The summed E-state index contributed by atoms with van der Waals surface area (Å²) in [5, 5.41) is 0.718. The van der Waals surface area contributed by atoms with Gasteiger partial charge in [-0.25, -0.2) is 13.4 Å². The highest BCUT2D eigenvalue weighted by atomic mass is 32.2. The molecule has 0 spiro atoms. The number of hydrogen-bond donors (Lipinski definition) is 1. The summed E-state index contributed by atoms with van der Waals surface area (Å²) in [6.45, 7) is 2.51. The van der Waals surface area contributed by atoms with Crippen molar-refractivity contribution < 1.29 is 13.2 Å². The van der Waals surface area contributed by atoms with E-state index in [-0.39, 0.29) is 11.5 Å². The summed E-state index contributed by atoms with van der Waals surface area (Å²) in [7, 11) is -3.30. The quantitative estimate of drug-likeness (QED) is 0.509. The number of imidazole rings is 1. The zero-order chi connectivity index (χ0) is 19.9. The first kappa shape index (κ1) is 19.0.